The highest BCUT2D eigenvalue weighted by atomic mass is 35.5. The first kappa shape index (κ1) is 18.6. The highest BCUT2D eigenvalue weighted by Gasteiger charge is 2.06. The summed E-state index contributed by atoms with van der Waals surface area (Å²) in [6, 6.07) is 8.70. The van der Waals surface area contributed by atoms with Crippen molar-refractivity contribution >= 4 is 46.9 Å². The lowest BCUT2D eigenvalue weighted by Crippen LogP contribution is -2.24. The number of carbonyl (C=O) groups excluding carboxylic acids is 1. The molecule has 0 fully saturated rings. The van der Waals surface area contributed by atoms with E-state index in [1.54, 1.807) is 30.3 Å². The average Bonchev–Trinajstić information content (AvgIpc) is 2.54. The lowest BCUT2D eigenvalue weighted by Gasteiger charge is -2.09. The molecule has 2 rings (SSSR count). The molecule has 24 heavy (non-hydrogen) atoms. The Kier molecular flexibility index (Phi) is 6.49. The van der Waals surface area contributed by atoms with Gasteiger partial charge in [-0.15, -0.1) is 0 Å². The standard InChI is InChI=1S/C17H15Cl3N2O2/c1-10-6-13(7-11(2)16(10)19)24-9-15(23)22-21-8-12-4-3-5-14(18)17(12)20/h3-8H,9H2,1-2H3,(H,22,23). The number of hydrogen-bond donors (Lipinski definition) is 1. The van der Waals surface area contributed by atoms with Crippen molar-refractivity contribution in [1.29, 1.82) is 0 Å². The van der Waals surface area contributed by atoms with Gasteiger partial charge in [-0.1, -0.05) is 46.9 Å². The summed E-state index contributed by atoms with van der Waals surface area (Å²) in [6.07, 6.45) is 1.42. The number of benzene rings is 2. The van der Waals surface area contributed by atoms with Gasteiger partial charge >= 0.3 is 0 Å². The fraction of sp³-hybridized carbons (Fsp3) is 0.176. The third-order valence-electron chi connectivity index (χ3n) is 3.15. The molecule has 0 saturated heterocycles. The minimum Gasteiger partial charge on any atom is -0.484 e. The van der Waals surface area contributed by atoms with E-state index in [-0.39, 0.29) is 6.61 Å². The zero-order valence-electron chi connectivity index (χ0n) is 13.1. The summed E-state index contributed by atoms with van der Waals surface area (Å²) in [5, 5.41) is 5.32. The van der Waals surface area contributed by atoms with Crippen LogP contribution in [0, 0.1) is 13.8 Å². The average molecular weight is 386 g/mol. The van der Waals surface area contributed by atoms with Crippen LogP contribution in [0.1, 0.15) is 16.7 Å². The van der Waals surface area contributed by atoms with Crippen LogP contribution in [0.4, 0.5) is 0 Å². The smallest absolute Gasteiger partial charge is 0.277 e. The molecule has 0 atom stereocenters. The van der Waals surface area contributed by atoms with Crippen LogP contribution in [0.3, 0.4) is 0 Å². The van der Waals surface area contributed by atoms with Crippen LogP contribution in [0.2, 0.25) is 15.1 Å². The molecule has 2 aromatic carbocycles. The molecule has 0 radical (unpaired) electrons. The highest BCUT2D eigenvalue weighted by Crippen LogP contribution is 2.26. The third-order valence-corrected chi connectivity index (χ3v) is 4.58. The maximum Gasteiger partial charge on any atom is 0.277 e. The van der Waals surface area contributed by atoms with Gasteiger partial charge in [-0.25, -0.2) is 5.43 Å². The van der Waals surface area contributed by atoms with Crippen molar-refractivity contribution in [2.45, 2.75) is 13.8 Å². The van der Waals surface area contributed by atoms with E-state index in [0.717, 1.165) is 11.1 Å². The molecular formula is C17H15Cl3N2O2. The van der Waals surface area contributed by atoms with Gasteiger partial charge in [0.1, 0.15) is 5.75 Å². The molecule has 0 spiro atoms. The Balaban J connectivity index is 1.90. The summed E-state index contributed by atoms with van der Waals surface area (Å²) >= 11 is 18.0. The second kappa shape index (κ2) is 8.38. The molecule has 0 aromatic heterocycles. The summed E-state index contributed by atoms with van der Waals surface area (Å²) in [5.41, 5.74) is 4.75. The zero-order valence-corrected chi connectivity index (χ0v) is 15.3. The van der Waals surface area contributed by atoms with Crippen LogP contribution < -0.4 is 10.2 Å². The Bertz CT molecular complexity index is 768. The van der Waals surface area contributed by atoms with Gasteiger partial charge in [-0.2, -0.15) is 5.10 Å². The first-order valence-corrected chi connectivity index (χ1v) is 8.17. The number of rotatable bonds is 5. The third kappa shape index (κ3) is 4.87. The van der Waals surface area contributed by atoms with Gasteiger partial charge in [0.05, 0.1) is 16.3 Å². The summed E-state index contributed by atoms with van der Waals surface area (Å²) < 4.78 is 5.44. The van der Waals surface area contributed by atoms with Crippen molar-refractivity contribution in [3.63, 3.8) is 0 Å². The van der Waals surface area contributed by atoms with Crippen LogP contribution in [-0.2, 0) is 4.79 Å². The molecule has 0 unspecified atom stereocenters. The Labute approximate surface area is 155 Å². The molecule has 0 aliphatic carbocycles. The number of carbonyl (C=O) groups is 1. The zero-order chi connectivity index (χ0) is 17.7. The van der Waals surface area contributed by atoms with Crippen LogP contribution in [0.15, 0.2) is 35.4 Å². The van der Waals surface area contributed by atoms with Gasteiger partial charge in [-0.3, -0.25) is 4.79 Å². The lowest BCUT2D eigenvalue weighted by molar-refractivity contribution is -0.123. The van der Waals surface area contributed by atoms with Crippen LogP contribution in [0.25, 0.3) is 0 Å². The van der Waals surface area contributed by atoms with E-state index in [2.05, 4.69) is 10.5 Å². The topological polar surface area (TPSA) is 50.7 Å². The van der Waals surface area contributed by atoms with Crippen molar-refractivity contribution in [3.05, 3.63) is 62.1 Å². The van der Waals surface area contributed by atoms with Gasteiger partial charge in [0, 0.05) is 10.6 Å². The predicted molar refractivity (Wildman–Crippen MR) is 98.6 cm³/mol. The monoisotopic (exact) mass is 384 g/mol. The molecule has 1 N–H and O–H groups in total. The van der Waals surface area contributed by atoms with E-state index in [1.165, 1.54) is 6.21 Å². The van der Waals surface area contributed by atoms with Gasteiger partial charge in [0.2, 0.25) is 0 Å². The van der Waals surface area contributed by atoms with Crippen molar-refractivity contribution in [2.24, 2.45) is 5.10 Å². The van der Waals surface area contributed by atoms with Crippen molar-refractivity contribution in [3.8, 4) is 5.75 Å². The molecule has 126 valence electrons. The SMILES string of the molecule is Cc1cc(OCC(=O)NN=Cc2cccc(Cl)c2Cl)cc(C)c1Cl. The van der Waals surface area contributed by atoms with E-state index in [0.29, 0.717) is 26.4 Å². The highest BCUT2D eigenvalue weighted by molar-refractivity contribution is 6.43. The molecule has 2 aromatic rings. The fourth-order valence-electron chi connectivity index (χ4n) is 1.96. The number of nitrogens with zero attached hydrogens (tertiary/aromatic N) is 1. The summed E-state index contributed by atoms with van der Waals surface area (Å²) in [6.45, 7) is 3.59. The molecule has 0 saturated carbocycles. The molecule has 0 bridgehead atoms. The molecule has 1 amide bonds. The number of hydrogen-bond acceptors (Lipinski definition) is 3. The van der Waals surface area contributed by atoms with Crippen molar-refractivity contribution < 1.29 is 9.53 Å². The number of halogens is 3. The minimum absolute atomic E-state index is 0.166. The molecular weight excluding hydrogens is 371 g/mol. The normalized spacial score (nSPS) is 10.9. The molecule has 7 heteroatoms. The maximum atomic E-state index is 11.8. The number of ether oxygens (including phenoxy) is 1. The van der Waals surface area contributed by atoms with Crippen molar-refractivity contribution in [1.82, 2.24) is 5.43 Å². The number of nitrogens with one attached hydrogen (secondary N) is 1. The van der Waals surface area contributed by atoms with Gasteiger partial charge in [0.15, 0.2) is 6.61 Å². The van der Waals surface area contributed by atoms with E-state index in [9.17, 15) is 4.79 Å². The lowest BCUT2D eigenvalue weighted by atomic mass is 10.1. The Morgan fingerprint density at radius 1 is 1.17 bits per heavy atom. The van der Waals surface area contributed by atoms with E-state index < -0.39 is 5.91 Å². The summed E-state index contributed by atoms with van der Waals surface area (Å²) in [4.78, 5) is 11.8. The van der Waals surface area contributed by atoms with E-state index in [1.807, 2.05) is 13.8 Å². The maximum absolute atomic E-state index is 11.8. The predicted octanol–water partition coefficient (Wildman–Crippen LogP) is 4.79. The van der Waals surface area contributed by atoms with Crippen LogP contribution in [-0.4, -0.2) is 18.7 Å². The Hall–Kier alpha value is -1.75. The Morgan fingerprint density at radius 3 is 2.50 bits per heavy atom. The first-order valence-electron chi connectivity index (χ1n) is 7.04. The first-order chi connectivity index (χ1) is 11.4. The molecule has 0 heterocycles. The summed E-state index contributed by atoms with van der Waals surface area (Å²) in [7, 11) is 0. The molecule has 4 nitrogen and oxygen atoms in total. The second-order valence-electron chi connectivity index (χ2n) is 5.10. The number of amides is 1. The Morgan fingerprint density at radius 2 is 1.83 bits per heavy atom. The van der Waals surface area contributed by atoms with Crippen LogP contribution in [0.5, 0.6) is 5.75 Å². The number of hydrazone groups is 1. The van der Waals surface area contributed by atoms with Gasteiger partial charge < -0.3 is 4.74 Å². The largest absolute Gasteiger partial charge is 0.484 e. The fourth-order valence-corrected chi connectivity index (χ4v) is 2.43. The second-order valence-corrected chi connectivity index (χ2v) is 6.26. The summed E-state index contributed by atoms with van der Waals surface area (Å²) in [5.74, 6) is 0.182. The van der Waals surface area contributed by atoms with Crippen LogP contribution >= 0.6 is 34.8 Å². The van der Waals surface area contributed by atoms with Gasteiger partial charge in [-0.05, 0) is 43.2 Å². The van der Waals surface area contributed by atoms with E-state index in [4.69, 9.17) is 39.5 Å². The van der Waals surface area contributed by atoms with E-state index >= 15 is 0 Å². The number of aryl methyl sites for hydroxylation is 2. The van der Waals surface area contributed by atoms with Gasteiger partial charge in [0.25, 0.3) is 5.91 Å². The molecule has 0 aliphatic heterocycles. The quantitative estimate of drug-likeness (QED) is 0.594. The minimum atomic E-state index is -0.394. The molecule has 0 aliphatic rings. The van der Waals surface area contributed by atoms with Crippen molar-refractivity contribution in [2.75, 3.05) is 6.61 Å².